The number of esters is 1. The van der Waals surface area contributed by atoms with E-state index in [2.05, 4.69) is 6.92 Å². The number of hydrogen-bond donors (Lipinski definition) is 4. The third kappa shape index (κ3) is 17.7. The van der Waals surface area contributed by atoms with Crippen LogP contribution in [0.1, 0.15) is 110 Å². The van der Waals surface area contributed by atoms with Crippen molar-refractivity contribution < 1.29 is 34.4 Å². The Morgan fingerprint density at radius 1 is 0.774 bits per heavy atom. The van der Waals surface area contributed by atoms with E-state index in [0.717, 1.165) is 70.6 Å². The van der Waals surface area contributed by atoms with Crippen LogP contribution < -0.4 is 5.73 Å². The molecule has 8 heteroatoms. The molecule has 0 spiro atoms. The van der Waals surface area contributed by atoms with Crippen molar-refractivity contribution in [2.24, 2.45) is 5.73 Å². The fraction of sp³-hybridized carbons (Fsp3) is 0.870. The first-order valence-corrected chi connectivity index (χ1v) is 11.9. The van der Waals surface area contributed by atoms with Crippen molar-refractivity contribution in [1.82, 2.24) is 0 Å². The first-order valence-electron chi connectivity index (χ1n) is 11.9. The molecular weight excluding hydrogens is 402 g/mol. The van der Waals surface area contributed by atoms with Gasteiger partial charge in [0.2, 0.25) is 0 Å². The van der Waals surface area contributed by atoms with Gasteiger partial charge >= 0.3 is 17.9 Å². The molecule has 3 unspecified atom stereocenters. The molecular formula is C23H43NO7. The Balaban J connectivity index is 4.11. The molecule has 182 valence electrons. The van der Waals surface area contributed by atoms with Crippen LogP contribution in [0.2, 0.25) is 0 Å². The molecule has 0 fully saturated rings. The van der Waals surface area contributed by atoms with Crippen molar-refractivity contribution in [1.29, 1.82) is 0 Å². The summed E-state index contributed by atoms with van der Waals surface area (Å²) >= 11 is 0. The summed E-state index contributed by atoms with van der Waals surface area (Å²) < 4.78 is 5.46. The van der Waals surface area contributed by atoms with Crippen molar-refractivity contribution in [2.75, 3.05) is 0 Å². The molecule has 0 heterocycles. The Labute approximate surface area is 186 Å². The second-order valence-electron chi connectivity index (χ2n) is 8.34. The number of nitrogens with two attached hydrogens (primary N) is 1. The highest BCUT2D eigenvalue weighted by molar-refractivity contribution is 5.75. The zero-order valence-corrected chi connectivity index (χ0v) is 19.1. The molecule has 0 radical (unpaired) electrons. The van der Waals surface area contributed by atoms with Crippen molar-refractivity contribution in [2.45, 2.75) is 128 Å². The highest BCUT2D eigenvalue weighted by Crippen LogP contribution is 2.18. The van der Waals surface area contributed by atoms with E-state index in [1.807, 2.05) is 0 Å². The maximum absolute atomic E-state index is 12.1. The number of aliphatic hydroxyl groups is 1. The van der Waals surface area contributed by atoms with Gasteiger partial charge in [0, 0.05) is 12.8 Å². The quantitative estimate of drug-likeness (QED) is 0.153. The van der Waals surface area contributed by atoms with E-state index in [1.54, 1.807) is 0 Å². The predicted molar refractivity (Wildman–Crippen MR) is 119 cm³/mol. The zero-order chi connectivity index (χ0) is 23.5. The van der Waals surface area contributed by atoms with Crippen LogP contribution in [-0.4, -0.2) is 51.5 Å². The molecule has 5 N–H and O–H groups in total. The molecule has 0 aromatic carbocycles. The Bertz CT molecular complexity index is 498. The number of rotatable bonds is 21. The SMILES string of the molecule is CCCCCC(OC(=O)CCC(N)C(=O)O)C(O)CCCCCCCCCCC(=O)O. The number of carboxylic acids is 2. The summed E-state index contributed by atoms with van der Waals surface area (Å²) in [6, 6.07) is -1.09. The van der Waals surface area contributed by atoms with Gasteiger partial charge in [0.05, 0.1) is 6.10 Å². The first-order chi connectivity index (χ1) is 14.8. The molecule has 0 saturated carbocycles. The number of ether oxygens (including phenoxy) is 1. The standard InChI is InChI=1S/C23H43NO7/c1-2-3-10-14-20(31-22(28)17-16-18(24)23(29)30)19(25)13-11-8-6-4-5-7-9-12-15-21(26)27/h18-20,25H,2-17,24H2,1H3,(H,26,27)(H,29,30). The molecule has 0 aromatic rings. The number of carbonyl (C=O) groups excluding carboxylic acids is 1. The van der Waals surface area contributed by atoms with Gasteiger partial charge in [-0.05, 0) is 32.1 Å². The van der Waals surface area contributed by atoms with Crippen molar-refractivity contribution in [3.8, 4) is 0 Å². The van der Waals surface area contributed by atoms with Crippen molar-refractivity contribution >= 4 is 17.9 Å². The summed E-state index contributed by atoms with van der Waals surface area (Å²) in [5, 5.41) is 27.9. The molecule has 0 aliphatic heterocycles. The van der Waals surface area contributed by atoms with Gasteiger partial charge in [-0.15, -0.1) is 0 Å². The first kappa shape index (κ1) is 29.3. The Morgan fingerprint density at radius 3 is 1.87 bits per heavy atom. The van der Waals surface area contributed by atoms with Gasteiger partial charge in [-0.3, -0.25) is 14.4 Å². The van der Waals surface area contributed by atoms with Crippen LogP contribution in [0.3, 0.4) is 0 Å². The Kier molecular flexibility index (Phi) is 18.0. The minimum Gasteiger partial charge on any atom is -0.481 e. The lowest BCUT2D eigenvalue weighted by Gasteiger charge is -2.23. The Hall–Kier alpha value is -1.67. The van der Waals surface area contributed by atoms with Gasteiger partial charge in [-0.2, -0.15) is 0 Å². The number of aliphatic hydroxyl groups excluding tert-OH is 1. The molecule has 0 aliphatic carbocycles. The highest BCUT2D eigenvalue weighted by atomic mass is 16.6. The molecule has 0 saturated heterocycles. The fourth-order valence-corrected chi connectivity index (χ4v) is 3.43. The van der Waals surface area contributed by atoms with Gasteiger partial charge in [-0.25, -0.2) is 0 Å². The zero-order valence-electron chi connectivity index (χ0n) is 19.1. The minimum atomic E-state index is -1.15. The second-order valence-corrected chi connectivity index (χ2v) is 8.34. The third-order valence-corrected chi connectivity index (χ3v) is 5.42. The summed E-state index contributed by atoms with van der Waals surface area (Å²) in [6.07, 6.45) is 10.8. The van der Waals surface area contributed by atoms with Crippen LogP contribution in [-0.2, 0) is 19.1 Å². The molecule has 0 aromatic heterocycles. The fourth-order valence-electron chi connectivity index (χ4n) is 3.43. The molecule has 0 aliphatic rings. The number of hydrogen-bond acceptors (Lipinski definition) is 6. The number of carbonyl (C=O) groups is 3. The average molecular weight is 446 g/mol. The second kappa shape index (κ2) is 19.0. The van der Waals surface area contributed by atoms with E-state index in [1.165, 1.54) is 0 Å². The van der Waals surface area contributed by atoms with E-state index in [0.29, 0.717) is 12.8 Å². The van der Waals surface area contributed by atoms with Crippen LogP contribution >= 0.6 is 0 Å². The van der Waals surface area contributed by atoms with E-state index in [-0.39, 0.29) is 19.3 Å². The van der Waals surface area contributed by atoms with Gasteiger partial charge in [0.1, 0.15) is 12.1 Å². The van der Waals surface area contributed by atoms with E-state index < -0.39 is 36.2 Å². The topological polar surface area (TPSA) is 147 Å². The molecule has 3 atom stereocenters. The van der Waals surface area contributed by atoms with Gasteiger partial charge in [-0.1, -0.05) is 64.7 Å². The maximum atomic E-state index is 12.1. The van der Waals surface area contributed by atoms with Crippen LogP contribution in [0, 0.1) is 0 Å². The monoisotopic (exact) mass is 445 g/mol. The lowest BCUT2D eigenvalue weighted by Crippen LogP contribution is -2.33. The molecule has 0 amide bonds. The van der Waals surface area contributed by atoms with Gasteiger partial charge in [0.15, 0.2) is 0 Å². The van der Waals surface area contributed by atoms with E-state index in [4.69, 9.17) is 20.7 Å². The number of carboxylic acid groups (broad SMARTS) is 2. The van der Waals surface area contributed by atoms with Crippen LogP contribution in [0.4, 0.5) is 0 Å². The van der Waals surface area contributed by atoms with Gasteiger partial charge in [0.25, 0.3) is 0 Å². The van der Waals surface area contributed by atoms with Gasteiger partial charge < -0.3 is 25.8 Å². The lowest BCUT2D eigenvalue weighted by molar-refractivity contribution is -0.156. The summed E-state index contributed by atoms with van der Waals surface area (Å²) in [5.41, 5.74) is 5.42. The summed E-state index contributed by atoms with van der Waals surface area (Å²) in [5.74, 6) is -2.39. The number of unbranched alkanes of at least 4 members (excludes halogenated alkanes) is 9. The molecule has 31 heavy (non-hydrogen) atoms. The predicted octanol–water partition coefficient (Wildman–Crippen LogP) is 4.02. The highest BCUT2D eigenvalue weighted by Gasteiger charge is 2.23. The summed E-state index contributed by atoms with van der Waals surface area (Å²) in [7, 11) is 0. The van der Waals surface area contributed by atoms with Crippen LogP contribution in [0.25, 0.3) is 0 Å². The largest absolute Gasteiger partial charge is 0.481 e. The third-order valence-electron chi connectivity index (χ3n) is 5.42. The van der Waals surface area contributed by atoms with Crippen LogP contribution in [0.15, 0.2) is 0 Å². The minimum absolute atomic E-state index is 0.0161. The molecule has 0 bridgehead atoms. The average Bonchev–Trinajstić information content (AvgIpc) is 2.72. The molecule has 0 rings (SSSR count). The van der Waals surface area contributed by atoms with Crippen molar-refractivity contribution in [3.63, 3.8) is 0 Å². The van der Waals surface area contributed by atoms with E-state index >= 15 is 0 Å². The summed E-state index contributed by atoms with van der Waals surface area (Å²) in [6.45, 7) is 2.08. The normalized spacial score (nSPS) is 14.0. The maximum Gasteiger partial charge on any atom is 0.320 e. The molecule has 8 nitrogen and oxygen atoms in total. The Morgan fingerprint density at radius 2 is 1.32 bits per heavy atom. The smallest absolute Gasteiger partial charge is 0.320 e. The van der Waals surface area contributed by atoms with Crippen molar-refractivity contribution in [3.05, 3.63) is 0 Å². The van der Waals surface area contributed by atoms with Crippen LogP contribution in [0.5, 0.6) is 0 Å². The number of aliphatic carboxylic acids is 2. The summed E-state index contributed by atoms with van der Waals surface area (Å²) in [4.78, 5) is 33.3. The lowest BCUT2D eigenvalue weighted by atomic mass is 9.99. The van der Waals surface area contributed by atoms with E-state index in [9.17, 15) is 19.5 Å².